The highest BCUT2D eigenvalue weighted by Crippen LogP contribution is 2.32. The minimum Gasteiger partial charge on any atom is -0.486 e. The summed E-state index contributed by atoms with van der Waals surface area (Å²) in [5.74, 6) is 1.14. The number of amides is 1. The Kier molecular flexibility index (Phi) is 5.71. The molecule has 0 bridgehead atoms. The summed E-state index contributed by atoms with van der Waals surface area (Å²) in [5.41, 5.74) is 0.589. The Balaban J connectivity index is 1.20. The summed E-state index contributed by atoms with van der Waals surface area (Å²) in [4.78, 5) is 18.4. The Bertz CT molecular complexity index is 810. The normalized spacial score (nSPS) is 20.0. The number of halogens is 1. The molecule has 148 valence electrons. The topological polar surface area (TPSA) is 63.7 Å². The van der Waals surface area contributed by atoms with Crippen LogP contribution in [0.3, 0.4) is 0 Å². The van der Waals surface area contributed by atoms with Crippen LogP contribution in [-0.2, 0) is 0 Å². The first-order valence-corrected chi connectivity index (χ1v) is 9.67. The first-order valence-electron chi connectivity index (χ1n) is 9.67. The molecule has 0 spiro atoms. The fraction of sp³-hybridized carbons (Fsp3) is 0.429. The van der Waals surface area contributed by atoms with Crippen LogP contribution in [0.2, 0.25) is 0 Å². The summed E-state index contributed by atoms with van der Waals surface area (Å²) >= 11 is 0. The van der Waals surface area contributed by atoms with Crippen molar-refractivity contribution >= 4 is 5.91 Å². The van der Waals surface area contributed by atoms with Gasteiger partial charge in [0.15, 0.2) is 11.5 Å². The number of pyridine rings is 1. The first-order chi connectivity index (χ1) is 13.7. The number of nitrogens with zero attached hydrogens (tertiary/aromatic N) is 2. The summed E-state index contributed by atoms with van der Waals surface area (Å²) in [6, 6.07) is 7.88. The molecule has 1 N–H and O–H groups in total. The van der Waals surface area contributed by atoms with E-state index in [9.17, 15) is 9.18 Å². The molecule has 2 aliphatic rings. The Morgan fingerprint density at radius 1 is 1.25 bits per heavy atom. The van der Waals surface area contributed by atoms with E-state index in [2.05, 4.69) is 15.2 Å². The number of rotatable bonds is 5. The molecule has 0 aliphatic carbocycles. The van der Waals surface area contributed by atoms with Crippen LogP contribution in [0.1, 0.15) is 23.2 Å². The molecule has 3 heterocycles. The lowest BCUT2D eigenvalue weighted by molar-refractivity contribution is 0.0473. The number of hydrogen-bond donors (Lipinski definition) is 1. The van der Waals surface area contributed by atoms with Crippen LogP contribution < -0.4 is 14.8 Å². The van der Waals surface area contributed by atoms with Gasteiger partial charge in [-0.05, 0) is 56.1 Å². The van der Waals surface area contributed by atoms with Crippen LogP contribution >= 0.6 is 0 Å². The lowest BCUT2D eigenvalue weighted by Gasteiger charge is -2.35. The summed E-state index contributed by atoms with van der Waals surface area (Å²) < 4.78 is 25.0. The van der Waals surface area contributed by atoms with E-state index in [-0.39, 0.29) is 17.8 Å². The number of ether oxygens (including phenoxy) is 2. The zero-order chi connectivity index (χ0) is 19.3. The third-order valence-corrected chi connectivity index (χ3v) is 5.27. The highest BCUT2D eigenvalue weighted by molar-refractivity contribution is 5.93. The molecule has 0 saturated carbocycles. The SMILES string of the molecule is O=C(NCC1CCN(C[C@H]2COc3ccc(F)cc3O2)CC1)c1cccnc1. The van der Waals surface area contributed by atoms with Gasteiger partial charge in [-0.15, -0.1) is 0 Å². The van der Waals surface area contributed by atoms with Crippen LogP contribution in [0.5, 0.6) is 11.5 Å². The molecule has 2 aromatic rings. The van der Waals surface area contributed by atoms with E-state index in [0.29, 0.717) is 36.1 Å². The zero-order valence-electron chi connectivity index (χ0n) is 15.6. The highest BCUT2D eigenvalue weighted by atomic mass is 19.1. The summed E-state index contributed by atoms with van der Waals surface area (Å²) in [6.45, 7) is 3.80. The number of nitrogens with one attached hydrogen (secondary N) is 1. The maximum Gasteiger partial charge on any atom is 0.252 e. The molecular formula is C21H24FN3O3. The van der Waals surface area contributed by atoms with Crippen LogP contribution in [0.25, 0.3) is 0 Å². The Hall–Kier alpha value is -2.67. The quantitative estimate of drug-likeness (QED) is 0.857. The molecule has 1 amide bonds. The van der Waals surface area contributed by atoms with Gasteiger partial charge in [0, 0.05) is 31.5 Å². The van der Waals surface area contributed by atoms with Crippen molar-refractivity contribution in [2.24, 2.45) is 5.92 Å². The van der Waals surface area contributed by atoms with Crippen molar-refractivity contribution in [2.45, 2.75) is 18.9 Å². The van der Waals surface area contributed by atoms with Gasteiger partial charge in [-0.3, -0.25) is 14.7 Å². The van der Waals surface area contributed by atoms with Crippen molar-refractivity contribution in [1.29, 1.82) is 0 Å². The minimum absolute atomic E-state index is 0.0748. The zero-order valence-corrected chi connectivity index (χ0v) is 15.6. The monoisotopic (exact) mass is 385 g/mol. The predicted molar refractivity (Wildman–Crippen MR) is 102 cm³/mol. The lowest BCUT2D eigenvalue weighted by atomic mass is 9.96. The average molecular weight is 385 g/mol. The summed E-state index contributed by atoms with van der Waals surface area (Å²) in [6.07, 6.45) is 5.17. The molecule has 4 rings (SSSR count). The van der Waals surface area contributed by atoms with Crippen LogP contribution in [0.15, 0.2) is 42.7 Å². The molecule has 1 aromatic carbocycles. The number of benzene rings is 1. The number of hydrogen-bond acceptors (Lipinski definition) is 5. The van der Waals surface area contributed by atoms with Gasteiger partial charge < -0.3 is 14.8 Å². The van der Waals surface area contributed by atoms with Gasteiger partial charge in [0.25, 0.3) is 5.91 Å². The number of fused-ring (bicyclic) bond motifs is 1. The minimum atomic E-state index is -0.322. The number of piperidine rings is 1. The van der Waals surface area contributed by atoms with Gasteiger partial charge in [-0.2, -0.15) is 0 Å². The van der Waals surface area contributed by atoms with Crippen molar-refractivity contribution in [2.75, 3.05) is 32.8 Å². The van der Waals surface area contributed by atoms with E-state index in [1.807, 2.05) is 0 Å². The predicted octanol–water partition coefficient (Wildman–Crippen LogP) is 2.50. The molecule has 7 heteroatoms. The smallest absolute Gasteiger partial charge is 0.252 e. The average Bonchev–Trinajstić information content (AvgIpc) is 2.73. The van der Waals surface area contributed by atoms with Crippen LogP contribution in [0.4, 0.5) is 4.39 Å². The summed E-state index contributed by atoms with van der Waals surface area (Å²) in [5, 5.41) is 3.00. The van der Waals surface area contributed by atoms with E-state index < -0.39 is 0 Å². The maximum absolute atomic E-state index is 13.4. The van der Waals surface area contributed by atoms with Gasteiger partial charge in [0.2, 0.25) is 0 Å². The van der Waals surface area contributed by atoms with Crippen molar-refractivity contribution in [3.8, 4) is 11.5 Å². The third kappa shape index (κ3) is 4.59. The molecule has 0 unspecified atom stereocenters. The van der Waals surface area contributed by atoms with Gasteiger partial charge in [0.05, 0.1) is 5.56 Å². The Morgan fingerprint density at radius 2 is 2.11 bits per heavy atom. The lowest BCUT2D eigenvalue weighted by Crippen LogP contribution is -2.45. The molecule has 0 radical (unpaired) electrons. The molecule has 1 atom stereocenters. The Labute approximate surface area is 163 Å². The van der Waals surface area contributed by atoms with E-state index in [1.165, 1.54) is 12.1 Å². The largest absolute Gasteiger partial charge is 0.486 e. The molecule has 2 aliphatic heterocycles. The van der Waals surface area contributed by atoms with E-state index in [1.54, 1.807) is 30.6 Å². The van der Waals surface area contributed by atoms with E-state index in [4.69, 9.17) is 9.47 Å². The fourth-order valence-corrected chi connectivity index (χ4v) is 3.68. The number of likely N-dealkylation sites (tertiary alicyclic amines) is 1. The van der Waals surface area contributed by atoms with Crippen LogP contribution in [-0.4, -0.2) is 54.7 Å². The maximum atomic E-state index is 13.4. The van der Waals surface area contributed by atoms with Gasteiger partial charge in [-0.25, -0.2) is 4.39 Å². The van der Waals surface area contributed by atoms with Crippen molar-refractivity contribution in [3.05, 3.63) is 54.1 Å². The molecule has 28 heavy (non-hydrogen) atoms. The first kappa shape index (κ1) is 18.7. The molecule has 6 nitrogen and oxygen atoms in total. The van der Waals surface area contributed by atoms with Gasteiger partial charge in [0.1, 0.15) is 18.5 Å². The summed E-state index contributed by atoms with van der Waals surface area (Å²) in [7, 11) is 0. The van der Waals surface area contributed by atoms with Crippen molar-refractivity contribution < 1.29 is 18.7 Å². The molecule has 1 aromatic heterocycles. The number of carbonyl (C=O) groups is 1. The molecule has 1 fully saturated rings. The molecule has 1 saturated heterocycles. The second kappa shape index (κ2) is 8.56. The van der Waals surface area contributed by atoms with E-state index >= 15 is 0 Å². The van der Waals surface area contributed by atoms with Gasteiger partial charge >= 0.3 is 0 Å². The third-order valence-electron chi connectivity index (χ3n) is 5.27. The Morgan fingerprint density at radius 3 is 2.89 bits per heavy atom. The fourth-order valence-electron chi connectivity index (χ4n) is 3.68. The van der Waals surface area contributed by atoms with Gasteiger partial charge in [-0.1, -0.05) is 0 Å². The second-order valence-corrected chi connectivity index (χ2v) is 7.34. The van der Waals surface area contributed by atoms with Crippen molar-refractivity contribution in [3.63, 3.8) is 0 Å². The number of carbonyl (C=O) groups excluding carboxylic acids is 1. The molecular weight excluding hydrogens is 361 g/mol. The second-order valence-electron chi connectivity index (χ2n) is 7.34. The highest BCUT2D eigenvalue weighted by Gasteiger charge is 2.26. The van der Waals surface area contributed by atoms with Crippen molar-refractivity contribution in [1.82, 2.24) is 15.2 Å². The van der Waals surface area contributed by atoms with E-state index in [0.717, 1.165) is 32.5 Å². The standard InChI is InChI=1S/C21H24FN3O3/c22-17-3-4-19-20(10-17)28-18(14-27-19)13-25-8-5-15(6-9-25)11-24-21(26)16-2-1-7-23-12-16/h1-4,7,10,12,15,18H,5-6,8-9,11,13-14H2,(H,24,26)/t18-/m0/s1. The number of aromatic nitrogens is 1. The van der Waals surface area contributed by atoms with Crippen LogP contribution in [0, 0.1) is 11.7 Å².